The molecule has 1 aliphatic carbocycles. The van der Waals surface area contributed by atoms with Gasteiger partial charge in [-0.1, -0.05) is 6.42 Å². The molecule has 0 aromatic heterocycles. The summed E-state index contributed by atoms with van der Waals surface area (Å²) >= 11 is 1.82. The van der Waals surface area contributed by atoms with Crippen molar-refractivity contribution < 1.29 is 14.6 Å². The Kier molecular flexibility index (Phi) is 4.24. The Balaban J connectivity index is 1.98. The molecule has 1 saturated carbocycles. The SMILES string of the molecule is COc1ccc(C(=O)NCC2(SC)CCC2)cc1O. The average Bonchev–Trinajstić information content (AvgIpc) is 2.37. The summed E-state index contributed by atoms with van der Waals surface area (Å²) < 4.78 is 5.17. The third kappa shape index (κ3) is 2.97. The van der Waals surface area contributed by atoms with Gasteiger partial charge in [0.25, 0.3) is 5.91 Å². The fourth-order valence-corrected chi connectivity index (χ4v) is 3.11. The summed E-state index contributed by atoms with van der Waals surface area (Å²) in [4.78, 5) is 12.0. The third-order valence-electron chi connectivity index (χ3n) is 3.71. The molecule has 1 aromatic rings. The lowest BCUT2D eigenvalue weighted by Crippen LogP contribution is -2.45. The largest absolute Gasteiger partial charge is 0.504 e. The summed E-state index contributed by atoms with van der Waals surface area (Å²) in [5.74, 6) is 0.202. The second kappa shape index (κ2) is 5.74. The maximum atomic E-state index is 12.0. The van der Waals surface area contributed by atoms with Gasteiger partial charge in [-0.25, -0.2) is 0 Å². The van der Waals surface area contributed by atoms with E-state index in [2.05, 4.69) is 11.6 Å². The van der Waals surface area contributed by atoms with Gasteiger partial charge in [0.05, 0.1) is 7.11 Å². The molecule has 1 aromatic carbocycles. The first-order valence-corrected chi connectivity index (χ1v) is 7.53. The van der Waals surface area contributed by atoms with Crippen molar-refractivity contribution in [3.8, 4) is 11.5 Å². The van der Waals surface area contributed by atoms with Crippen LogP contribution in [0.1, 0.15) is 29.6 Å². The van der Waals surface area contributed by atoms with Gasteiger partial charge in [0.15, 0.2) is 11.5 Å². The van der Waals surface area contributed by atoms with Gasteiger partial charge < -0.3 is 15.2 Å². The first-order valence-electron chi connectivity index (χ1n) is 6.30. The van der Waals surface area contributed by atoms with E-state index in [0.717, 1.165) is 12.8 Å². The number of amides is 1. The molecule has 104 valence electrons. The average molecular weight is 281 g/mol. The van der Waals surface area contributed by atoms with Crippen molar-refractivity contribution in [1.82, 2.24) is 5.32 Å². The number of ether oxygens (including phenoxy) is 1. The maximum Gasteiger partial charge on any atom is 0.251 e. The van der Waals surface area contributed by atoms with Crippen LogP contribution in [0.2, 0.25) is 0 Å². The van der Waals surface area contributed by atoms with Gasteiger partial charge in [-0.2, -0.15) is 11.8 Å². The Bertz CT molecular complexity index is 466. The Labute approximate surface area is 117 Å². The number of phenols is 1. The molecule has 0 unspecified atom stereocenters. The zero-order chi connectivity index (χ0) is 13.9. The van der Waals surface area contributed by atoms with Crippen LogP contribution in [0.15, 0.2) is 18.2 Å². The molecule has 1 fully saturated rings. The lowest BCUT2D eigenvalue weighted by Gasteiger charge is -2.40. The second-order valence-electron chi connectivity index (χ2n) is 4.81. The van der Waals surface area contributed by atoms with Crippen molar-refractivity contribution in [2.24, 2.45) is 0 Å². The quantitative estimate of drug-likeness (QED) is 0.870. The van der Waals surface area contributed by atoms with Crippen LogP contribution in [0.25, 0.3) is 0 Å². The minimum Gasteiger partial charge on any atom is -0.504 e. The van der Waals surface area contributed by atoms with Crippen molar-refractivity contribution >= 4 is 17.7 Å². The first kappa shape index (κ1) is 14.1. The number of nitrogens with one attached hydrogen (secondary N) is 1. The number of methoxy groups -OCH3 is 1. The lowest BCUT2D eigenvalue weighted by atomic mass is 9.84. The standard InChI is InChI=1S/C14H19NO3S/c1-18-12-5-4-10(8-11(12)16)13(17)15-9-14(19-2)6-3-7-14/h4-5,8,16H,3,6-7,9H2,1-2H3,(H,15,17). The van der Waals surface area contributed by atoms with E-state index in [0.29, 0.717) is 17.9 Å². The number of thioether (sulfide) groups is 1. The summed E-state index contributed by atoms with van der Waals surface area (Å²) in [5.41, 5.74) is 0.453. The number of carbonyl (C=O) groups excluding carboxylic acids is 1. The highest BCUT2D eigenvalue weighted by Gasteiger charge is 2.36. The van der Waals surface area contributed by atoms with Crippen molar-refractivity contribution in [2.45, 2.75) is 24.0 Å². The number of benzene rings is 1. The fraction of sp³-hybridized carbons (Fsp3) is 0.500. The Morgan fingerprint density at radius 2 is 2.26 bits per heavy atom. The molecule has 0 bridgehead atoms. The Hall–Kier alpha value is -1.36. The van der Waals surface area contributed by atoms with Crippen molar-refractivity contribution in [3.05, 3.63) is 23.8 Å². The number of aromatic hydroxyl groups is 1. The summed E-state index contributed by atoms with van der Waals surface area (Å²) in [6.07, 6.45) is 5.63. The highest BCUT2D eigenvalue weighted by molar-refractivity contribution is 8.00. The van der Waals surface area contributed by atoms with Crippen LogP contribution in [-0.4, -0.2) is 35.7 Å². The normalized spacial score (nSPS) is 16.5. The minimum atomic E-state index is -0.154. The molecular formula is C14H19NO3S. The van der Waals surface area contributed by atoms with E-state index in [-0.39, 0.29) is 16.4 Å². The van der Waals surface area contributed by atoms with E-state index in [9.17, 15) is 9.90 Å². The minimum absolute atomic E-state index is 0.0154. The zero-order valence-corrected chi connectivity index (χ0v) is 12.0. The molecular weight excluding hydrogens is 262 g/mol. The smallest absolute Gasteiger partial charge is 0.251 e. The van der Waals surface area contributed by atoms with E-state index in [1.54, 1.807) is 12.1 Å². The zero-order valence-electron chi connectivity index (χ0n) is 11.2. The van der Waals surface area contributed by atoms with E-state index >= 15 is 0 Å². The number of rotatable bonds is 5. The number of phenolic OH excluding ortho intramolecular Hbond substituents is 1. The Morgan fingerprint density at radius 3 is 2.74 bits per heavy atom. The van der Waals surface area contributed by atoms with Crippen LogP contribution >= 0.6 is 11.8 Å². The number of carbonyl (C=O) groups is 1. The molecule has 0 aliphatic heterocycles. The Morgan fingerprint density at radius 1 is 1.53 bits per heavy atom. The van der Waals surface area contributed by atoms with Crippen molar-refractivity contribution in [3.63, 3.8) is 0 Å². The van der Waals surface area contributed by atoms with Crippen LogP contribution in [0.5, 0.6) is 11.5 Å². The third-order valence-corrected chi connectivity index (χ3v) is 5.13. The summed E-state index contributed by atoms with van der Waals surface area (Å²) in [6, 6.07) is 4.68. The number of hydrogen-bond acceptors (Lipinski definition) is 4. The molecule has 0 saturated heterocycles. The van der Waals surface area contributed by atoms with Gasteiger partial charge in [-0.05, 0) is 37.3 Å². The molecule has 1 amide bonds. The van der Waals surface area contributed by atoms with Crippen LogP contribution in [0, 0.1) is 0 Å². The van der Waals surface area contributed by atoms with Crippen molar-refractivity contribution in [2.75, 3.05) is 19.9 Å². The highest BCUT2D eigenvalue weighted by Crippen LogP contribution is 2.42. The molecule has 1 aliphatic rings. The molecule has 4 nitrogen and oxygen atoms in total. The van der Waals surface area contributed by atoms with Gasteiger partial charge in [0.2, 0.25) is 0 Å². The topological polar surface area (TPSA) is 58.6 Å². The van der Waals surface area contributed by atoms with E-state index in [4.69, 9.17) is 4.74 Å². The predicted octanol–water partition coefficient (Wildman–Crippen LogP) is 2.42. The van der Waals surface area contributed by atoms with Crippen LogP contribution in [-0.2, 0) is 0 Å². The summed E-state index contributed by atoms with van der Waals surface area (Å²) in [7, 11) is 1.48. The lowest BCUT2D eigenvalue weighted by molar-refractivity contribution is 0.0943. The van der Waals surface area contributed by atoms with Gasteiger partial charge in [-0.15, -0.1) is 0 Å². The van der Waals surface area contributed by atoms with E-state index in [1.807, 2.05) is 11.8 Å². The van der Waals surface area contributed by atoms with Crippen LogP contribution < -0.4 is 10.1 Å². The predicted molar refractivity (Wildman–Crippen MR) is 77.1 cm³/mol. The van der Waals surface area contributed by atoms with Crippen LogP contribution in [0.4, 0.5) is 0 Å². The number of hydrogen-bond donors (Lipinski definition) is 2. The molecule has 2 rings (SSSR count). The second-order valence-corrected chi connectivity index (χ2v) is 6.08. The van der Waals surface area contributed by atoms with E-state index in [1.165, 1.54) is 19.6 Å². The van der Waals surface area contributed by atoms with Crippen LogP contribution in [0.3, 0.4) is 0 Å². The fourth-order valence-electron chi connectivity index (χ4n) is 2.20. The molecule has 0 heterocycles. The molecule has 5 heteroatoms. The molecule has 0 spiro atoms. The highest BCUT2D eigenvalue weighted by atomic mass is 32.2. The monoisotopic (exact) mass is 281 g/mol. The van der Waals surface area contributed by atoms with Gasteiger partial charge >= 0.3 is 0 Å². The summed E-state index contributed by atoms with van der Waals surface area (Å²) in [6.45, 7) is 0.680. The van der Waals surface area contributed by atoms with Crippen molar-refractivity contribution in [1.29, 1.82) is 0 Å². The summed E-state index contributed by atoms with van der Waals surface area (Å²) in [5, 5.41) is 12.6. The molecule has 19 heavy (non-hydrogen) atoms. The molecule has 0 atom stereocenters. The molecule has 2 N–H and O–H groups in total. The molecule has 0 radical (unpaired) electrons. The van der Waals surface area contributed by atoms with E-state index < -0.39 is 0 Å². The van der Waals surface area contributed by atoms with Gasteiger partial charge in [0, 0.05) is 16.9 Å². The van der Waals surface area contributed by atoms with Gasteiger partial charge in [-0.3, -0.25) is 4.79 Å². The maximum absolute atomic E-state index is 12.0. The van der Waals surface area contributed by atoms with Gasteiger partial charge in [0.1, 0.15) is 0 Å². The first-order chi connectivity index (χ1) is 9.10.